The highest BCUT2D eigenvalue weighted by molar-refractivity contribution is 5.96. The van der Waals surface area contributed by atoms with E-state index < -0.39 is 0 Å². The molecule has 0 radical (unpaired) electrons. The van der Waals surface area contributed by atoms with Crippen LogP contribution in [0.4, 0.5) is 0 Å². The number of methoxy groups -OCH3 is 1. The van der Waals surface area contributed by atoms with Crippen molar-refractivity contribution < 1.29 is 13.9 Å². The molecule has 126 valence electrons. The first-order chi connectivity index (χ1) is 11.6. The van der Waals surface area contributed by atoms with Gasteiger partial charge in [-0.2, -0.15) is 0 Å². The topological polar surface area (TPSA) is 68.7 Å². The van der Waals surface area contributed by atoms with Crippen LogP contribution < -0.4 is 10.5 Å². The number of likely N-dealkylation sites (tertiary alicyclic amines) is 1. The maximum Gasteiger partial charge on any atom is 0.257 e. The number of fused-ring (bicyclic) bond motifs is 1. The van der Waals surface area contributed by atoms with Crippen LogP contribution in [0.3, 0.4) is 0 Å². The van der Waals surface area contributed by atoms with Gasteiger partial charge in [-0.3, -0.25) is 4.79 Å². The third-order valence-corrected chi connectivity index (χ3v) is 5.50. The number of furan rings is 1. The third kappa shape index (κ3) is 2.31. The second-order valence-corrected chi connectivity index (χ2v) is 6.97. The van der Waals surface area contributed by atoms with E-state index in [0.29, 0.717) is 29.5 Å². The van der Waals surface area contributed by atoms with Crippen molar-refractivity contribution in [1.82, 2.24) is 4.90 Å². The van der Waals surface area contributed by atoms with Gasteiger partial charge in [-0.15, -0.1) is 0 Å². The van der Waals surface area contributed by atoms with Gasteiger partial charge in [0, 0.05) is 24.1 Å². The molecule has 2 atom stereocenters. The smallest absolute Gasteiger partial charge is 0.257 e. The number of rotatable bonds is 4. The summed E-state index contributed by atoms with van der Waals surface area (Å²) in [5.41, 5.74) is 7.61. The predicted octanol–water partition coefficient (Wildman–Crippen LogP) is 2.68. The summed E-state index contributed by atoms with van der Waals surface area (Å²) in [7, 11) is 1.63. The number of benzene rings is 1. The SMILES string of the molecule is COc1cccc(-c2cc(C(=O)N3C[C@H]4C[C@@]4(CN)C3)c(C)o2)c1. The Labute approximate surface area is 141 Å². The van der Waals surface area contributed by atoms with Gasteiger partial charge in [0.05, 0.1) is 12.7 Å². The maximum atomic E-state index is 12.9. The molecule has 4 rings (SSSR count). The van der Waals surface area contributed by atoms with Crippen LogP contribution in [-0.2, 0) is 0 Å². The fraction of sp³-hybridized carbons (Fsp3) is 0.421. The van der Waals surface area contributed by atoms with Gasteiger partial charge >= 0.3 is 0 Å². The maximum absolute atomic E-state index is 12.9. The fourth-order valence-corrected chi connectivity index (χ4v) is 3.85. The van der Waals surface area contributed by atoms with Gasteiger partial charge in [-0.05, 0) is 44.0 Å². The predicted molar refractivity (Wildman–Crippen MR) is 90.9 cm³/mol. The van der Waals surface area contributed by atoms with Crippen LogP contribution in [0.15, 0.2) is 34.7 Å². The molecular weight excluding hydrogens is 304 g/mol. The molecule has 5 heteroatoms. The summed E-state index contributed by atoms with van der Waals surface area (Å²) in [5, 5.41) is 0. The molecule has 1 aromatic carbocycles. The quantitative estimate of drug-likeness (QED) is 0.938. The van der Waals surface area contributed by atoms with E-state index in [1.165, 1.54) is 0 Å². The average molecular weight is 326 g/mol. The molecule has 2 aliphatic rings. The van der Waals surface area contributed by atoms with E-state index in [-0.39, 0.29) is 11.3 Å². The second kappa shape index (κ2) is 5.38. The minimum Gasteiger partial charge on any atom is -0.497 e. The number of nitrogens with two attached hydrogens (primary N) is 1. The van der Waals surface area contributed by atoms with Crippen LogP contribution in [-0.4, -0.2) is 37.6 Å². The van der Waals surface area contributed by atoms with E-state index >= 15 is 0 Å². The standard InChI is InChI=1S/C19H22N2O3/c1-12-16(18(22)21-9-14-8-19(14,10-20)11-21)7-17(24-12)13-4-3-5-15(6-13)23-2/h3-7,14H,8-11,20H2,1-2H3/t14-,19-/m1/s1. The van der Waals surface area contributed by atoms with Crippen molar-refractivity contribution in [2.45, 2.75) is 13.3 Å². The Morgan fingerprint density at radius 1 is 1.46 bits per heavy atom. The molecule has 0 spiro atoms. The van der Waals surface area contributed by atoms with Crippen molar-refractivity contribution >= 4 is 5.91 Å². The van der Waals surface area contributed by atoms with Crippen molar-refractivity contribution in [3.05, 3.63) is 41.7 Å². The number of ether oxygens (including phenoxy) is 1. The van der Waals surface area contributed by atoms with Gasteiger partial charge < -0.3 is 19.8 Å². The summed E-state index contributed by atoms with van der Waals surface area (Å²) in [4.78, 5) is 14.8. The van der Waals surface area contributed by atoms with Crippen molar-refractivity contribution in [2.24, 2.45) is 17.1 Å². The fourth-order valence-electron chi connectivity index (χ4n) is 3.85. The van der Waals surface area contributed by atoms with Crippen molar-refractivity contribution in [3.63, 3.8) is 0 Å². The number of piperidine rings is 1. The lowest BCUT2D eigenvalue weighted by Gasteiger charge is -2.20. The molecule has 1 aliphatic heterocycles. The average Bonchev–Trinajstić information content (AvgIpc) is 2.96. The summed E-state index contributed by atoms with van der Waals surface area (Å²) < 4.78 is 11.1. The molecule has 1 aromatic heterocycles. The lowest BCUT2D eigenvalue weighted by Crippen LogP contribution is -2.33. The van der Waals surface area contributed by atoms with E-state index in [1.807, 2.05) is 42.2 Å². The summed E-state index contributed by atoms with van der Waals surface area (Å²) in [6.45, 7) is 4.09. The zero-order chi connectivity index (χ0) is 16.9. The van der Waals surface area contributed by atoms with Crippen LogP contribution in [0.25, 0.3) is 11.3 Å². The van der Waals surface area contributed by atoms with Gasteiger partial charge in [0.15, 0.2) is 0 Å². The largest absolute Gasteiger partial charge is 0.497 e. The Hall–Kier alpha value is -2.27. The highest BCUT2D eigenvalue weighted by atomic mass is 16.5. The van der Waals surface area contributed by atoms with E-state index in [9.17, 15) is 4.79 Å². The first kappa shape index (κ1) is 15.3. The van der Waals surface area contributed by atoms with Crippen LogP contribution in [0.5, 0.6) is 5.75 Å². The molecule has 1 saturated carbocycles. The molecule has 2 fully saturated rings. The molecule has 1 saturated heterocycles. The van der Waals surface area contributed by atoms with Crippen LogP contribution in [0, 0.1) is 18.3 Å². The van der Waals surface area contributed by atoms with Crippen molar-refractivity contribution in [1.29, 1.82) is 0 Å². The van der Waals surface area contributed by atoms with Crippen LogP contribution in [0.2, 0.25) is 0 Å². The third-order valence-electron chi connectivity index (χ3n) is 5.50. The highest BCUT2D eigenvalue weighted by Crippen LogP contribution is 2.57. The zero-order valence-corrected chi connectivity index (χ0v) is 14.0. The monoisotopic (exact) mass is 326 g/mol. The molecule has 2 aromatic rings. The first-order valence-electron chi connectivity index (χ1n) is 8.30. The highest BCUT2D eigenvalue weighted by Gasteiger charge is 2.59. The van der Waals surface area contributed by atoms with Gasteiger partial charge in [-0.1, -0.05) is 12.1 Å². The lowest BCUT2D eigenvalue weighted by molar-refractivity contribution is 0.0764. The Kier molecular flexibility index (Phi) is 3.42. The van der Waals surface area contributed by atoms with Gasteiger partial charge in [0.1, 0.15) is 17.3 Å². The first-order valence-corrected chi connectivity index (χ1v) is 8.30. The molecule has 0 unspecified atom stereocenters. The van der Waals surface area contributed by atoms with Gasteiger partial charge in [0.25, 0.3) is 5.91 Å². The number of hydrogen-bond donors (Lipinski definition) is 1. The van der Waals surface area contributed by atoms with E-state index in [2.05, 4.69) is 0 Å². The van der Waals surface area contributed by atoms with Gasteiger partial charge in [-0.25, -0.2) is 0 Å². The summed E-state index contributed by atoms with van der Waals surface area (Å²) in [6, 6.07) is 9.48. The number of carbonyl (C=O) groups is 1. The molecule has 0 bridgehead atoms. The zero-order valence-electron chi connectivity index (χ0n) is 14.0. The lowest BCUT2D eigenvalue weighted by atomic mass is 10.1. The van der Waals surface area contributed by atoms with E-state index in [4.69, 9.17) is 14.9 Å². The number of carbonyl (C=O) groups excluding carboxylic acids is 1. The number of aryl methyl sites for hydroxylation is 1. The molecule has 5 nitrogen and oxygen atoms in total. The second-order valence-electron chi connectivity index (χ2n) is 6.97. The van der Waals surface area contributed by atoms with Crippen molar-refractivity contribution in [3.8, 4) is 17.1 Å². The molecule has 1 aliphatic carbocycles. The molecule has 1 amide bonds. The summed E-state index contributed by atoms with van der Waals surface area (Å²) >= 11 is 0. The minimum atomic E-state index is 0.0467. The van der Waals surface area contributed by atoms with Crippen LogP contribution in [0.1, 0.15) is 22.5 Å². The summed E-state index contributed by atoms with van der Waals surface area (Å²) in [6.07, 6.45) is 1.16. The summed E-state index contributed by atoms with van der Waals surface area (Å²) in [5.74, 6) is 2.73. The van der Waals surface area contributed by atoms with Gasteiger partial charge in [0.2, 0.25) is 0 Å². The minimum absolute atomic E-state index is 0.0467. The Bertz CT molecular complexity index is 794. The molecule has 2 heterocycles. The van der Waals surface area contributed by atoms with E-state index in [1.54, 1.807) is 7.11 Å². The Balaban J connectivity index is 1.58. The number of nitrogens with zero attached hydrogens (tertiary/aromatic N) is 1. The molecule has 24 heavy (non-hydrogen) atoms. The molecular formula is C19H22N2O3. The van der Waals surface area contributed by atoms with Crippen LogP contribution >= 0.6 is 0 Å². The molecule has 2 N–H and O–H groups in total. The number of amides is 1. The van der Waals surface area contributed by atoms with Crippen molar-refractivity contribution in [2.75, 3.05) is 26.7 Å². The normalized spacial score (nSPS) is 24.8. The van der Waals surface area contributed by atoms with E-state index in [0.717, 1.165) is 30.8 Å². The number of hydrogen-bond acceptors (Lipinski definition) is 4. The Morgan fingerprint density at radius 3 is 3.00 bits per heavy atom. The Morgan fingerprint density at radius 2 is 2.29 bits per heavy atom.